The molecule has 0 aliphatic carbocycles. The molecule has 1 aliphatic heterocycles. The second-order valence-corrected chi connectivity index (χ2v) is 5.16. The van der Waals surface area contributed by atoms with Gasteiger partial charge in [0.25, 0.3) is 0 Å². The van der Waals surface area contributed by atoms with E-state index in [1.54, 1.807) is 7.05 Å². The van der Waals surface area contributed by atoms with Gasteiger partial charge in [-0.05, 0) is 25.1 Å². The van der Waals surface area contributed by atoms with E-state index in [-0.39, 0.29) is 12.7 Å². The van der Waals surface area contributed by atoms with E-state index in [2.05, 4.69) is 17.1 Å². The van der Waals surface area contributed by atoms with Gasteiger partial charge in [0.15, 0.2) is 6.79 Å². The molecule has 1 aromatic rings. The standard InChI is InChI=1S/C15H23N3O3/c1-3-4-18(8-14(19)17-2)7-11-5-13(16)6-12-9-20-10-21-15(11)12/h5-6H,3-4,7-10,16H2,1-2H3,(H,17,19). The third kappa shape index (κ3) is 4.09. The zero-order valence-electron chi connectivity index (χ0n) is 12.6. The number of anilines is 1. The third-order valence-corrected chi connectivity index (χ3v) is 3.39. The van der Waals surface area contributed by atoms with Crippen molar-refractivity contribution in [2.45, 2.75) is 26.5 Å². The van der Waals surface area contributed by atoms with Crippen LogP contribution in [0.2, 0.25) is 0 Å². The van der Waals surface area contributed by atoms with E-state index < -0.39 is 0 Å². The molecule has 116 valence electrons. The number of nitrogen functional groups attached to an aromatic ring is 1. The zero-order chi connectivity index (χ0) is 15.2. The van der Waals surface area contributed by atoms with Crippen LogP contribution in [0.15, 0.2) is 12.1 Å². The quantitative estimate of drug-likeness (QED) is 0.768. The van der Waals surface area contributed by atoms with Crippen LogP contribution >= 0.6 is 0 Å². The molecule has 6 nitrogen and oxygen atoms in total. The van der Waals surface area contributed by atoms with Gasteiger partial charge in [0.2, 0.25) is 5.91 Å². The first-order valence-corrected chi connectivity index (χ1v) is 7.18. The van der Waals surface area contributed by atoms with Gasteiger partial charge in [0.05, 0.1) is 13.2 Å². The number of carbonyl (C=O) groups is 1. The average molecular weight is 293 g/mol. The van der Waals surface area contributed by atoms with E-state index >= 15 is 0 Å². The minimum atomic E-state index is 0.00507. The summed E-state index contributed by atoms with van der Waals surface area (Å²) in [6, 6.07) is 3.79. The Labute approximate surface area is 125 Å². The molecule has 6 heteroatoms. The summed E-state index contributed by atoms with van der Waals surface area (Å²) in [5.74, 6) is 0.846. The van der Waals surface area contributed by atoms with Gasteiger partial charge in [0.1, 0.15) is 5.75 Å². The lowest BCUT2D eigenvalue weighted by Crippen LogP contribution is -2.36. The Hall–Kier alpha value is -1.79. The molecule has 1 amide bonds. The lowest BCUT2D eigenvalue weighted by Gasteiger charge is -2.25. The van der Waals surface area contributed by atoms with Crippen LogP contribution in [0.3, 0.4) is 0 Å². The molecule has 0 atom stereocenters. The largest absolute Gasteiger partial charge is 0.467 e. The van der Waals surface area contributed by atoms with Gasteiger partial charge in [-0.2, -0.15) is 0 Å². The molecule has 0 saturated carbocycles. The molecular formula is C15H23N3O3. The monoisotopic (exact) mass is 293 g/mol. The Balaban J connectivity index is 2.19. The summed E-state index contributed by atoms with van der Waals surface area (Å²) in [5, 5.41) is 2.66. The number of nitrogens with one attached hydrogen (secondary N) is 1. The fraction of sp³-hybridized carbons (Fsp3) is 0.533. The van der Waals surface area contributed by atoms with Crippen molar-refractivity contribution in [3.8, 4) is 5.75 Å². The van der Waals surface area contributed by atoms with Crippen molar-refractivity contribution in [2.24, 2.45) is 0 Å². The van der Waals surface area contributed by atoms with Crippen LogP contribution in [0.25, 0.3) is 0 Å². The van der Waals surface area contributed by atoms with Gasteiger partial charge < -0.3 is 20.5 Å². The highest BCUT2D eigenvalue weighted by atomic mass is 16.7. The lowest BCUT2D eigenvalue weighted by molar-refractivity contribution is -0.121. The van der Waals surface area contributed by atoms with E-state index in [1.807, 2.05) is 12.1 Å². The van der Waals surface area contributed by atoms with E-state index in [4.69, 9.17) is 15.2 Å². The number of carbonyl (C=O) groups excluding carboxylic acids is 1. The third-order valence-electron chi connectivity index (χ3n) is 3.39. The Morgan fingerprint density at radius 1 is 1.48 bits per heavy atom. The molecule has 0 unspecified atom stereocenters. The second-order valence-electron chi connectivity index (χ2n) is 5.16. The lowest BCUT2D eigenvalue weighted by atomic mass is 10.1. The minimum absolute atomic E-state index is 0.00507. The van der Waals surface area contributed by atoms with Crippen LogP contribution in [0.5, 0.6) is 5.75 Å². The Morgan fingerprint density at radius 3 is 3.00 bits per heavy atom. The molecule has 1 aliphatic rings. The molecule has 0 bridgehead atoms. The Kier molecular flexibility index (Phi) is 5.41. The van der Waals surface area contributed by atoms with Crippen molar-refractivity contribution in [1.82, 2.24) is 10.2 Å². The van der Waals surface area contributed by atoms with E-state index in [0.717, 1.165) is 29.8 Å². The highest BCUT2D eigenvalue weighted by Crippen LogP contribution is 2.31. The molecule has 1 heterocycles. The van der Waals surface area contributed by atoms with Gasteiger partial charge in [-0.25, -0.2) is 0 Å². The molecule has 0 radical (unpaired) electrons. The van der Waals surface area contributed by atoms with E-state index in [1.165, 1.54) is 0 Å². The fourth-order valence-electron chi connectivity index (χ4n) is 2.50. The number of ether oxygens (including phenoxy) is 2. The highest BCUT2D eigenvalue weighted by Gasteiger charge is 2.19. The maximum absolute atomic E-state index is 11.6. The highest BCUT2D eigenvalue weighted by molar-refractivity contribution is 5.77. The van der Waals surface area contributed by atoms with Gasteiger partial charge in [-0.3, -0.25) is 9.69 Å². The summed E-state index contributed by atoms with van der Waals surface area (Å²) in [6.07, 6.45) is 0.978. The Morgan fingerprint density at radius 2 is 2.29 bits per heavy atom. The zero-order valence-corrected chi connectivity index (χ0v) is 12.6. The molecule has 1 aromatic carbocycles. The summed E-state index contributed by atoms with van der Waals surface area (Å²) in [4.78, 5) is 13.7. The van der Waals surface area contributed by atoms with Crippen LogP contribution in [0.1, 0.15) is 24.5 Å². The van der Waals surface area contributed by atoms with Crippen LogP contribution in [0, 0.1) is 0 Å². The normalized spacial score (nSPS) is 13.7. The molecule has 0 fully saturated rings. The molecule has 3 N–H and O–H groups in total. The predicted molar refractivity (Wildman–Crippen MR) is 80.8 cm³/mol. The number of rotatable bonds is 6. The molecule has 0 aromatic heterocycles. The van der Waals surface area contributed by atoms with Crippen molar-refractivity contribution in [2.75, 3.05) is 32.7 Å². The predicted octanol–water partition coefficient (Wildman–Crippen LogP) is 1.09. The number of likely N-dealkylation sites (N-methyl/N-ethyl adjacent to an activating group) is 1. The summed E-state index contributed by atoms with van der Waals surface area (Å²) >= 11 is 0. The van der Waals surface area contributed by atoms with E-state index in [0.29, 0.717) is 25.4 Å². The number of nitrogens with zero attached hydrogens (tertiary/aromatic N) is 1. The number of nitrogens with two attached hydrogens (primary N) is 1. The molecule has 2 rings (SSSR count). The first-order valence-electron chi connectivity index (χ1n) is 7.18. The maximum atomic E-state index is 11.6. The number of hydrogen-bond donors (Lipinski definition) is 2. The SMILES string of the molecule is CCCN(CC(=O)NC)Cc1cc(N)cc2c1OCOC2. The molecule has 0 spiro atoms. The van der Waals surface area contributed by atoms with Gasteiger partial charge in [-0.1, -0.05) is 6.92 Å². The van der Waals surface area contributed by atoms with Crippen LogP contribution in [0.4, 0.5) is 5.69 Å². The van der Waals surface area contributed by atoms with Crippen molar-refractivity contribution in [1.29, 1.82) is 0 Å². The van der Waals surface area contributed by atoms with Crippen molar-refractivity contribution >= 4 is 11.6 Å². The number of hydrogen-bond acceptors (Lipinski definition) is 5. The van der Waals surface area contributed by atoms with Gasteiger partial charge >= 0.3 is 0 Å². The summed E-state index contributed by atoms with van der Waals surface area (Å²) < 4.78 is 10.9. The first-order chi connectivity index (χ1) is 10.1. The van der Waals surface area contributed by atoms with Gasteiger partial charge in [0, 0.05) is 30.4 Å². The van der Waals surface area contributed by atoms with Crippen molar-refractivity contribution in [3.05, 3.63) is 23.3 Å². The topological polar surface area (TPSA) is 76.8 Å². The van der Waals surface area contributed by atoms with Crippen LogP contribution in [-0.4, -0.2) is 37.7 Å². The van der Waals surface area contributed by atoms with E-state index in [9.17, 15) is 4.79 Å². The van der Waals surface area contributed by atoms with Crippen molar-refractivity contribution < 1.29 is 14.3 Å². The molecule has 21 heavy (non-hydrogen) atoms. The number of fused-ring (bicyclic) bond motifs is 1. The fourth-order valence-corrected chi connectivity index (χ4v) is 2.50. The van der Waals surface area contributed by atoms with Crippen molar-refractivity contribution in [3.63, 3.8) is 0 Å². The second kappa shape index (κ2) is 7.28. The van der Waals surface area contributed by atoms with Crippen LogP contribution in [-0.2, 0) is 22.7 Å². The molecular weight excluding hydrogens is 270 g/mol. The summed E-state index contributed by atoms with van der Waals surface area (Å²) in [6.45, 7) is 4.70. The maximum Gasteiger partial charge on any atom is 0.233 e. The molecule has 0 saturated heterocycles. The smallest absolute Gasteiger partial charge is 0.233 e. The summed E-state index contributed by atoms with van der Waals surface area (Å²) in [5.41, 5.74) is 8.61. The minimum Gasteiger partial charge on any atom is -0.467 e. The number of benzene rings is 1. The Bertz CT molecular complexity index is 505. The average Bonchev–Trinajstić information content (AvgIpc) is 2.47. The van der Waals surface area contributed by atoms with Gasteiger partial charge in [-0.15, -0.1) is 0 Å². The van der Waals surface area contributed by atoms with Crippen LogP contribution < -0.4 is 15.8 Å². The number of amides is 1. The first kappa shape index (κ1) is 15.6. The summed E-state index contributed by atoms with van der Waals surface area (Å²) in [7, 11) is 1.65.